The minimum absolute atomic E-state index is 0.318. The van der Waals surface area contributed by atoms with Gasteiger partial charge in [0.2, 0.25) is 5.75 Å². The van der Waals surface area contributed by atoms with Crippen LogP contribution in [0.1, 0.15) is 12.5 Å². The fourth-order valence-corrected chi connectivity index (χ4v) is 1.89. The van der Waals surface area contributed by atoms with Crippen molar-refractivity contribution in [2.45, 2.75) is 13.5 Å². The Morgan fingerprint density at radius 1 is 1.25 bits per heavy atom. The van der Waals surface area contributed by atoms with Crippen LogP contribution in [0.5, 0.6) is 11.6 Å². The van der Waals surface area contributed by atoms with Crippen LogP contribution in [0.3, 0.4) is 0 Å². The molecule has 0 saturated carbocycles. The summed E-state index contributed by atoms with van der Waals surface area (Å²) in [6.45, 7) is 3.03. The third-order valence-corrected chi connectivity index (χ3v) is 3.01. The van der Waals surface area contributed by atoms with E-state index in [9.17, 15) is 0 Å². The molecule has 1 heterocycles. The molecule has 2 rings (SSSR count). The van der Waals surface area contributed by atoms with Gasteiger partial charge in [-0.05, 0) is 13.0 Å². The Kier molecular flexibility index (Phi) is 5.01. The van der Waals surface area contributed by atoms with Crippen molar-refractivity contribution in [2.24, 2.45) is 0 Å². The molecule has 1 aromatic carbocycles. The van der Waals surface area contributed by atoms with Gasteiger partial charge in [-0.15, -0.1) is 0 Å². The van der Waals surface area contributed by atoms with Crippen molar-refractivity contribution in [3.05, 3.63) is 41.2 Å². The van der Waals surface area contributed by atoms with Gasteiger partial charge in [-0.1, -0.05) is 29.8 Å². The summed E-state index contributed by atoms with van der Waals surface area (Å²) >= 11 is 6.09. The Hall–Kier alpha value is -2.01. The van der Waals surface area contributed by atoms with Gasteiger partial charge in [0.15, 0.2) is 5.82 Å². The van der Waals surface area contributed by atoms with E-state index in [1.165, 1.54) is 6.33 Å². The predicted molar refractivity (Wildman–Crippen MR) is 78.5 cm³/mol. The summed E-state index contributed by atoms with van der Waals surface area (Å²) in [5.74, 6) is 1.49. The highest BCUT2D eigenvalue weighted by Gasteiger charge is 2.13. The number of nitrogens with one attached hydrogen (secondary N) is 1. The zero-order chi connectivity index (χ0) is 14.4. The first-order valence-electron chi connectivity index (χ1n) is 6.25. The van der Waals surface area contributed by atoms with Crippen LogP contribution in [0.25, 0.3) is 0 Å². The summed E-state index contributed by atoms with van der Waals surface area (Å²) in [6.07, 6.45) is 1.43. The summed E-state index contributed by atoms with van der Waals surface area (Å²) in [5, 5.41) is 3.75. The van der Waals surface area contributed by atoms with Crippen LogP contribution in [0.4, 0.5) is 5.82 Å². The topological polar surface area (TPSA) is 56.3 Å². The lowest BCUT2D eigenvalue weighted by Crippen LogP contribution is -2.06. The van der Waals surface area contributed by atoms with Crippen molar-refractivity contribution in [2.75, 3.05) is 19.0 Å². The van der Waals surface area contributed by atoms with E-state index in [-0.39, 0.29) is 0 Å². The molecule has 5 nitrogen and oxygen atoms in total. The number of aromatic nitrogens is 2. The van der Waals surface area contributed by atoms with E-state index in [2.05, 4.69) is 15.3 Å². The SMILES string of the molecule is CCNc1ncnc(OCc2ccccc2Cl)c1OC. The molecule has 2 aromatic rings. The second kappa shape index (κ2) is 6.96. The van der Waals surface area contributed by atoms with Crippen LogP contribution in [0.2, 0.25) is 5.02 Å². The van der Waals surface area contributed by atoms with E-state index in [1.54, 1.807) is 7.11 Å². The molecular formula is C14H16ClN3O2. The monoisotopic (exact) mass is 293 g/mol. The van der Waals surface area contributed by atoms with Gasteiger partial charge in [-0.2, -0.15) is 4.98 Å². The Labute approximate surface area is 122 Å². The highest BCUT2D eigenvalue weighted by atomic mass is 35.5. The van der Waals surface area contributed by atoms with Crippen LogP contribution < -0.4 is 14.8 Å². The minimum atomic E-state index is 0.318. The van der Waals surface area contributed by atoms with Gasteiger partial charge in [-0.3, -0.25) is 0 Å². The van der Waals surface area contributed by atoms with Crippen LogP contribution in [-0.2, 0) is 6.61 Å². The molecule has 20 heavy (non-hydrogen) atoms. The number of benzene rings is 1. The number of anilines is 1. The van der Waals surface area contributed by atoms with Crippen molar-refractivity contribution in [1.82, 2.24) is 9.97 Å². The van der Waals surface area contributed by atoms with Gasteiger partial charge in [0, 0.05) is 17.1 Å². The summed E-state index contributed by atoms with van der Waals surface area (Å²) in [7, 11) is 1.56. The molecule has 106 valence electrons. The van der Waals surface area contributed by atoms with Gasteiger partial charge < -0.3 is 14.8 Å². The number of hydrogen-bond donors (Lipinski definition) is 1. The van der Waals surface area contributed by atoms with Gasteiger partial charge >= 0.3 is 0 Å². The van der Waals surface area contributed by atoms with E-state index in [4.69, 9.17) is 21.1 Å². The van der Waals surface area contributed by atoms with Crippen LogP contribution >= 0.6 is 11.6 Å². The molecule has 0 fully saturated rings. The lowest BCUT2D eigenvalue weighted by Gasteiger charge is -2.13. The van der Waals surface area contributed by atoms with E-state index < -0.39 is 0 Å². The van der Waals surface area contributed by atoms with Crippen LogP contribution in [0, 0.1) is 0 Å². The van der Waals surface area contributed by atoms with Gasteiger partial charge in [0.1, 0.15) is 12.9 Å². The molecule has 6 heteroatoms. The second-order valence-electron chi connectivity index (χ2n) is 3.97. The molecule has 0 aliphatic heterocycles. The molecule has 0 saturated heterocycles. The highest BCUT2D eigenvalue weighted by Crippen LogP contribution is 2.31. The molecule has 0 aliphatic carbocycles. The summed E-state index contributed by atoms with van der Waals surface area (Å²) < 4.78 is 11.0. The third-order valence-electron chi connectivity index (χ3n) is 2.64. The van der Waals surface area contributed by atoms with E-state index in [0.717, 1.165) is 12.1 Å². The van der Waals surface area contributed by atoms with Crippen molar-refractivity contribution >= 4 is 17.4 Å². The average Bonchev–Trinajstić information content (AvgIpc) is 2.47. The summed E-state index contributed by atoms with van der Waals surface area (Å²) in [6, 6.07) is 7.51. The molecule has 1 aromatic heterocycles. The quantitative estimate of drug-likeness (QED) is 0.886. The number of nitrogens with zero attached hydrogens (tertiary/aromatic N) is 2. The maximum atomic E-state index is 6.09. The zero-order valence-electron chi connectivity index (χ0n) is 11.4. The summed E-state index contributed by atoms with van der Waals surface area (Å²) in [4.78, 5) is 8.21. The molecule has 0 atom stereocenters. The second-order valence-corrected chi connectivity index (χ2v) is 4.38. The lowest BCUT2D eigenvalue weighted by atomic mass is 10.2. The fraction of sp³-hybridized carbons (Fsp3) is 0.286. The molecule has 0 spiro atoms. The standard InChI is InChI=1S/C14H16ClN3O2/c1-3-16-13-12(19-2)14(18-9-17-13)20-8-10-6-4-5-7-11(10)15/h4-7,9H,3,8H2,1-2H3,(H,16,17,18). The van der Waals surface area contributed by atoms with Crippen molar-refractivity contribution in [3.8, 4) is 11.6 Å². The van der Waals surface area contributed by atoms with E-state index in [1.807, 2.05) is 31.2 Å². The molecular weight excluding hydrogens is 278 g/mol. The largest absolute Gasteiger partial charge is 0.489 e. The normalized spacial score (nSPS) is 10.2. The smallest absolute Gasteiger partial charge is 0.262 e. The third kappa shape index (κ3) is 3.30. The molecule has 0 aliphatic rings. The first-order valence-corrected chi connectivity index (χ1v) is 6.63. The Balaban J connectivity index is 2.17. The maximum Gasteiger partial charge on any atom is 0.262 e. The van der Waals surface area contributed by atoms with Crippen molar-refractivity contribution < 1.29 is 9.47 Å². The first kappa shape index (κ1) is 14.4. The number of rotatable bonds is 6. The molecule has 0 amide bonds. The van der Waals surface area contributed by atoms with Crippen molar-refractivity contribution in [3.63, 3.8) is 0 Å². The first-order chi connectivity index (χ1) is 9.76. The van der Waals surface area contributed by atoms with Crippen molar-refractivity contribution in [1.29, 1.82) is 0 Å². The number of methoxy groups -OCH3 is 1. The van der Waals surface area contributed by atoms with Crippen LogP contribution in [0.15, 0.2) is 30.6 Å². The lowest BCUT2D eigenvalue weighted by molar-refractivity contribution is 0.272. The molecule has 0 radical (unpaired) electrons. The molecule has 0 bridgehead atoms. The Morgan fingerprint density at radius 3 is 2.75 bits per heavy atom. The number of ether oxygens (including phenoxy) is 2. The highest BCUT2D eigenvalue weighted by molar-refractivity contribution is 6.31. The van der Waals surface area contributed by atoms with Gasteiger partial charge in [-0.25, -0.2) is 4.98 Å². The minimum Gasteiger partial charge on any atom is -0.489 e. The Morgan fingerprint density at radius 2 is 2.05 bits per heavy atom. The number of hydrogen-bond acceptors (Lipinski definition) is 5. The van der Waals surface area contributed by atoms with E-state index >= 15 is 0 Å². The van der Waals surface area contributed by atoms with Gasteiger partial charge in [0.25, 0.3) is 5.88 Å². The van der Waals surface area contributed by atoms with Gasteiger partial charge in [0.05, 0.1) is 7.11 Å². The number of halogens is 1. The fourth-order valence-electron chi connectivity index (χ4n) is 1.70. The zero-order valence-corrected chi connectivity index (χ0v) is 12.1. The average molecular weight is 294 g/mol. The maximum absolute atomic E-state index is 6.09. The summed E-state index contributed by atoms with van der Waals surface area (Å²) in [5.41, 5.74) is 0.889. The molecule has 1 N–H and O–H groups in total. The predicted octanol–water partition coefficient (Wildman–Crippen LogP) is 3.15. The van der Waals surface area contributed by atoms with Crippen LogP contribution in [-0.4, -0.2) is 23.6 Å². The van der Waals surface area contributed by atoms with E-state index in [0.29, 0.717) is 29.1 Å². The Bertz CT molecular complexity index is 578. The molecule has 0 unspecified atom stereocenters.